The molecule has 1 unspecified atom stereocenters. The van der Waals surface area contributed by atoms with Crippen LogP contribution < -0.4 is 0 Å². The largest absolute Gasteiger partial charge is 0.373 e. The second-order valence-corrected chi connectivity index (χ2v) is 3.53. The summed E-state index contributed by atoms with van der Waals surface area (Å²) in [4.78, 5) is 11.7. The average Bonchev–Trinajstić information content (AvgIpc) is 2.25. The molecule has 0 spiro atoms. The second kappa shape index (κ2) is 3.95. The highest BCUT2D eigenvalue weighted by molar-refractivity contribution is 6.50. The van der Waals surface area contributed by atoms with Gasteiger partial charge in [-0.15, -0.1) is 0 Å². The fourth-order valence-electron chi connectivity index (χ4n) is 1.86. The van der Waals surface area contributed by atoms with Crippen LogP contribution in [-0.2, 0) is 9.53 Å². The Hall–Kier alpha value is -1.48. The number of ketones is 1. The zero-order chi connectivity index (χ0) is 10.8. The summed E-state index contributed by atoms with van der Waals surface area (Å²) in [6, 6.07) is 0. The van der Waals surface area contributed by atoms with Gasteiger partial charge in [-0.2, -0.15) is 0 Å². The Morgan fingerprint density at radius 3 is 3.00 bits per heavy atom. The van der Waals surface area contributed by atoms with Crippen LogP contribution in [0.3, 0.4) is 0 Å². The normalized spacial score (nSPS) is 24.7. The molecule has 3 nitrogen and oxygen atoms in total. The lowest BCUT2D eigenvalue weighted by molar-refractivity contribution is -0.109. The van der Waals surface area contributed by atoms with Crippen molar-refractivity contribution in [3.05, 3.63) is 35.5 Å². The lowest BCUT2D eigenvalue weighted by Crippen LogP contribution is -2.26. The number of carbonyl (C=O) groups excluding carboxylic acids is 1. The topological polar surface area (TPSA) is 50.1 Å². The number of ether oxygens (including phenoxy) is 1. The van der Waals surface area contributed by atoms with E-state index in [9.17, 15) is 4.79 Å². The first kappa shape index (κ1) is 10.1. The molecule has 0 heterocycles. The van der Waals surface area contributed by atoms with Crippen LogP contribution in [0.25, 0.3) is 0 Å². The lowest BCUT2D eigenvalue weighted by Gasteiger charge is -2.24. The van der Waals surface area contributed by atoms with E-state index >= 15 is 0 Å². The molecule has 2 aliphatic rings. The highest BCUT2D eigenvalue weighted by Crippen LogP contribution is 2.26. The molecule has 3 heteroatoms. The molecular formula is C12H13NO2. The number of hydrogen-bond acceptors (Lipinski definition) is 3. The summed E-state index contributed by atoms with van der Waals surface area (Å²) in [5.41, 5.74) is 1.59. The molecule has 0 aromatic rings. The summed E-state index contributed by atoms with van der Waals surface area (Å²) in [6.07, 6.45) is 7.88. The van der Waals surface area contributed by atoms with Crippen molar-refractivity contribution < 1.29 is 9.53 Å². The lowest BCUT2D eigenvalue weighted by atomic mass is 9.87. The van der Waals surface area contributed by atoms with Crippen LogP contribution in [0.1, 0.15) is 13.3 Å². The summed E-state index contributed by atoms with van der Waals surface area (Å²) in [6.45, 7) is 2.57. The first-order chi connectivity index (χ1) is 7.24. The van der Waals surface area contributed by atoms with Crippen LogP contribution in [0.15, 0.2) is 35.5 Å². The van der Waals surface area contributed by atoms with Gasteiger partial charge in [0.05, 0.1) is 6.10 Å². The minimum absolute atomic E-state index is 0.0247. The number of nitrogens with one attached hydrogen (secondary N) is 1. The maximum absolute atomic E-state index is 11.7. The molecule has 0 aliphatic heterocycles. The molecule has 15 heavy (non-hydrogen) atoms. The Bertz CT molecular complexity index is 402. The zero-order valence-corrected chi connectivity index (χ0v) is 8.62. The van der Waals surface area contributed by atoms with E-state index in [1.807, 2.05) is 19.1 Å². The Morgan fingerprint density at radius 1 is 1.47 bits per heavy atom. The van der Waals surface area contributed by atoms with E-state index in [-0.39, 0.29) is 17.6 Å². The fraction of sp³-hybridized carbons (Fsp3) is 0.333. The van der Waals surface area contributed by atoms with E-state index in [1.165, 1.54) is 0 Å². The minimum Gasteiger partial charge on any atom is -0.373 e. The Balaban J connectivity index is 2.36. The molecule has 1 atom stereocenters. The maximum atomic E-state index is 11.7. The average molecular weight is 203 g/mol. The van der Waals surface area contributed by atoms with Gasteiger partial charge >= 0.3 is 0 Å². The number of allylic oxidation sites excluding steroid dienone is 3. The van der Waals surface area contributed by atoms with Crippen molar-refractivity contribution in [2.24, 2.45) is 0 Å². The van der Waals surface area contributed by atoms with E-state index in [1.54, 1.807) is 12.2 Å². The molecule has 0 aromatic carbocycles. The van der Waals surface area contributed by atoms with Crippen molar-refractivity contribution in [3.63, 3.8) is 0 Å². The van der Waals surface area contributed by atoms with Crippen molar-refractivity contribution in [1.82, 2.24) is 0 Å². The number of Topliss-reactive ketones (excluding diaryl/α,β-unsaturated/α-hetero) is 1. The van der Waals surface area contributed by atoms with Crippen LogP contribution in [0, 0.1) is 5.41 Å². The molecule has 2 rings (SSSR count). The van der Waals surface area contributed by atoms with Gasteiger partial charge in [-0.3, -0.25) is 10.2 Å². The van der Waals surface area contributed by atoms with Crippen molar-refractivity contribution in [2.45, 2.75) is 19.4 Å². The summed E-state index contributed by atoms with van der Waals surface area (Å²) in [7, 11) is 0. The first-order valence-corrected chi connectivity index (χ1v) is 5.07. The zero-order valence-electron chi connectivity index (χ0n) is 8.62. The van der Waals surface area contributed by atoms with Gasteiger partial charge in [0.15, 0.2) is 0 Å². The molecule has 0 amide bonds. The molecule has 0 saturated heterocycles. The van der Waals surface area contributed by atoms with E-state index in [4.69, 9.17) is 10.1 Å². The predicted octanol–water partition coefficient (Wildman–Crippen LogP) is 1.81. The standard InChI is InChI=1S/C12H13NO2/c1-2-15-11-5-3-4-9-8(11)6-7-10(13)12(9)14/h3-4,6-7,11,13H,2,5H2,1H3. The van der Waals surface area contributed by atoms with Crippen LogP contribution in [-0.4, -0.2) is 24.2 Å². The summed E-state index contributed by atoms with van der Waals surface area (Å²) in [5.74, 6) is -0.201. The molecule has 0 fully saturated rings. The fourth-order valence-corrected chi connectivity index (χ4v) is 1.86. The molecular weight excluding hydrogens is 190 g/mol. The first-order valence-electron chi connectivity index (χ1n) is 5.07. The summed E-state index contributed by atoms with van der Waals surface area (Å²) >= 11 is 0. The van der Waals surface area contributed by atoms with E-state index < -0.39 is 0 Å². The Morgan fingerprint density at radius 2 is 2.27 bits per heavy atom. The van der Waals surface area contributed by atoms with Gasteiger partial charge in [0.1, 0.15) is 5.71 Å². The van der Waals surface area contributed by atoms with E-state index in [2.05, 4.69) is 0 Å². The third-order valence-corrected chi connectivity index (χ3v) is 2.58. The number of hydrogen-bond donors (Lipinski definition) is 1. The van der Waals surface area contributed by atoms with Gasteiger partial charge in [0.2, 0.25) is 5.78 Å². The molecule has 78 valence electrons. The molecule has 0 bridgehead atoms. The van der Waals surface area contributed by atoms with Crippen molar-refractivity contribution >= 4 is 11.5 Å². The summed E-state index contributed by atoms with van der Waals surface area (Å²) < 4.78 is 5.55. The van der Waals surface area contributed by atoms with Gasteiger partial charge in [0.25, 0.3) is 0 Å². The molecule has 1 N–H and O–H groups in total. The smallest absolute Gasteiger partial charge is 0.210 e. The van der Waals surface area contributed by atoms with E-state index in [0.717, 1.165) is 12.0 Å². The van der Waals surface area contributed by atoms with Gasteiger partial charge in [0, 0.05) is 12.2 Å². The molecule has 0 saturated carbocycles. The second-order valence-electron chi connectivity index (χ2n) is 3.53. The number of carbonyl (C=O) groups is 1. The Kier molecular flexibility index (Phi) is 2.64. The maximum Gasteiger partial charge on any atom is 0.210 e. The number of rotatable bonds is 2. The molecule has 0 radical (unpaired) electrons. The van der Waals surface area contributed by atoms with Gasteiger partial charge < -0.3 is 4.74 Å². The SMILES string of the molecule is CCOC1CC=CC2=C1C=CC(=N)C2=O. The van der Waals surface area contributed by atoms with Crippen LogP contribution in [0.2, 0.25) is 0 Å². The third-order valence-electron chi connectivity index (χ3n) is 2.58. The Labute approximate surface area is 88.6 Å². The van der Waals surface area contributed by atoms with Crippen molar-refractivity contribution in [1.29, 1.82) is 5.41 Å². The van der Waals surface area contributed by atoms with Gasteiger partial charge in [-0.1, -0.05) is 18.2 Å². The quantitative estimate of drug-likeness (QED) is 0.696. The molecule has 2 aliphatic carbocycles. The highest BCUT2D eigenvalue weighted by Gasteiger charge is 2.26. The van der Waals surface area contributed by atoms with Crippen molar-refractivity contribution in [3.8, 4) is 0 Å². The van der Waals surface area contributed by atoms with Crippen LogP contribution in [0.4, 0.5) is 0 Å². The summed E-state index contributed by atoms with van der Waals surface area (Å²) in [5, 5.41) is 7.44. The van der Waals surface area contributed by atoms with E-state index in [0.29, 0.717) is 12.2 Å². The van der Waals surface area contributed by atoms with Gasteiger partial charge in [-0.25, -0.2) is 0 Å². The third kappa shape index (κ3) is 1.70. The van der Waals surface area contributed by atoms with Crippen molar-refractivity contribution in [2.75, 3.05) is 6.61 Å². The monoisotopic (exact) mass is 203 g/mol. The van der Waals surface area contributed by atoms with Crippen LogP contribution >= 0.6 is 0 Å². The van der Waals surface area contributed by atoms with Crippen LogP contribution in [0.5, 0.6) is 0 Å². The van der Waals surface area contributed by atoms with Gasteiger partial charge in [-0.05, 0) is 25.0 Å². The minimum atomic E-state index is -0.201. The highest BCUT2D eigenvalue weighted by atomic mass is 16.5. The molecule has 0 aromatic heterocycles. The predicted molar refractivity (Wildman–Crippen MR) is 58.1 cm³/mol.